The van der Waals surface area contributed by atoms with E-state index in [1.807, 2.05) is 0 Å². The minimum atomic E-state index is -1.44. The molecule has 106 valence electrons. The molecule has 0 radical (unpaired) electrons. The first-order chi connectivity index (χ1) is 8.68. The van der Waals surface area contributed by atoms with Crippen molar-refractivity contribution in [3.05, 3.63) is 28.3 Å². The molecule has 1 aromatic heterocycles. The monoisotopic (exact) mass is 415 g/mol. The number of hydrogen-bond donors (Lipinski definition) is 1. The van der Waals surface area contributed by atoms with Crippen molar-refractivity contribution >= 4 is 49.2 Å². The number of pyridine rings is 1. The van der Waals surface area contributed by atoms with Gasteiger partial charge < -0.3 is 5.11 Å². The lowest BCUT2D eigenvalue weighted by molar-refractivity contribution is 0.0742. The van der Waals surface area contributed by atoms with Crippen molar-refractivity contribution in [2.24, 2.45) is 0 Å². The van der Waals surface area contributed by atoms with Gasteiger partial charge in [-0.3, -0.25) is 4.79 Å². The van der Waals surface area contributed by atoms with Gasteiger partial charge in [-0.1, -0.05) is 43.5 Å². The molecule has 0 saturated heterocycles. The highest BCUT2D eigenvalue weighted by atomic mass is 79.9. The second-order valence-electron chi connectivity index (χ2n) is 4.53. The Bertz CT molecular complexity index is 491. The summed E-state index contributed by atoms with van der Waals surface area (Å²) in [7, 11) is 0. The highest BCUT2D eigenvalue weighted by Crippen LogP contribution is 2.28. The van der Waals surface area contributed by atoms with Crippen LogP contribution in [0.25, 0.3) is 0 Å². The van der Waals surface area contributed by atoms with Gasteiger partial charge >= 0.3 is 0 Å². The van der Waals surface area contributed by atoms with Crippen LogP contribution in [0, 0.1) is 5.82 Å². The molecule has 0 bridgehead atoms. The van der Waals surface area contributed by atoms with Gasteiger partial charge in [-0.2, -0.15) is 0 Å². The Morgan fingerprint density at radius 1 is 1.63 bits per heavy atom. The van der Waals surface area contributed by atoms with E-state index in [9.17, 15) is 14.3 Å². The number of rotatable bonds is 5. The average Bonchev–Trinajstić information content (AvgIpc) is 2.30. The molecule has 1 N–H and O–H groups in total. The third kappa shape index (κ3) is 4.21. The van der Waals surface area contributed by atoms with Gasteiger partial charge in [0.25, 0.3) is 0 Å². The number of aliphatic hydroxyl groups is 1. The lowest BCUT2D eigenvalue weighted by atomic mass is 9.97. The molecule has 1 aromatic rings. The van der Waals surface area contributed by atoms with E-state index in [0.29, 0.717) is 11.8 Å². The van der Waals surface area contributed by atoms with E-state index in [-0.39, 0.29) is 17.0 Å². The molecule has 19 heavy (non-hydrogen) atoms. The Kier molecular flexibility index (Phi) is 5.92. The Morgan fingerprint density at radius 3 is 2.68 bits per heavy atom. The summed E-state index contributed by atoms with van der Waals surface area (Å²) in [5, 5.41) is 10.1. The van der Waals surface area contributed by atoms with Crippen molar-refractivity contribution in [3.63, 3.8) is 0 Å². The van der Waals surface area contributed by atoms with Crippen LogP contribution in [-0.4, -0.2) is 26.0 Å². The van der Waals surface area contributed by atoms with Crippen molar-refractivity contribution in [1.82, 2.24) is 4.98 Å². The van der Waals surface area contributed by atoms with Gasteiger partial charge in [0, 0.05) is 10.9 Å². The van der Waals surface area contributed by atoms with Gasteiger partial charge in [0.15, 0.2) is 16.8 Å². The number of nitrogens with zero attached hydrogens (tertiary/aromatic N) is 1. The molecule has 0 fully saturated rings. The first-order valence-corrected chi connectivity index (χ1v) is 7.93. The van der Waals surface area contributed by atoms with E-state index in [2.05, 4.69) is 36.8 Å². The number of ketones is 1. The predicted molar refractivity (Wildman–Crippen MR) is 79.9 cm³/mol. The molecule has 0 aromatic carbocycles. The van der Waals surface area contributed by atoms with Gasteiger partial charge in [0.1, 0.15) is 5.69 Å². The summed E-state index contributed by atoms with van der Waals surface area (Å²) in [5.41, 5.74) is -1.45. The summed E-state index contributed by atoms with van der Waals surface area (Å²) in [6, 6.07) is 1.24. The molecule has 3 nitrogen and oxygen atoms in total. The fourth-order valence-electron chi connectivity index (χ4n) is 1.46. The molecule has 1 heterocycles. The molecule has 7 heteroatoms. The number of Topliss-reactive ketones (excluding diaryl/α,β-unsaturated/α-hetero) is 1. The second kappa shape index (κ2) is 6.61. The SMILES string of the molecule is CC(C)(O)c1cc(C(=O)C(Br)CCBr)nc(Cl)c1F. The standard InChI is InChI=1S/C12H13Br2ClFNO2/c1-12(2,19)6-5-8(17-11(15)9(6)16)10(18)7(14)3-4-13/h5,7,19H,3-4H2,1-2H3. The van der Waals surface area contributed by atoms with Crippen LogP contribution in [0.4, 0.5) is 4.39 Å². The number of alkyl halides is 2. The first-order valence-electron chi connectivity index (χ1n) is 5.51. The Balaban J connectivity index is 3.25. The van der Waals surface area contributed by atoms with E-state index in [1.165, 1.54) is 19.9 Å². The van der Waals surface area contributed by atoms with Gasteiger partial charge in [-0.15, -0.1) is 0 Å². The summed E-state index contributed by atoms with van der Waals surface area (Å²) < 4.78 is 13.8. The number of carbonyl (C=O) groups excluding carboxylic acids is 1. The molecule has 1 unspecified atom stereocenters. The van der Waals surface area contributed by atoms with E-state index in [4.69, 9.17) is 11.6 Å². The van der Waals surface area contributed by atoms with Crippen molar-refractivity contribution in [2.75, 3.05) is 5.33 Å². The molecule has 0 aliphatic rings. The number of carbonyl (C=O) groups is 1. The van der Waals surface area contributed by atoms with Crippen LogP contribution in [-0.2, 0) is 5.60 Å². The summed E-state index contributed by atoms with van der Waals surface area (Å²) in [5.74, 6) is -1.11. The zero-order valence-corrected chi connectivity index (χ0v) is 14.3. The molecule has 0 aliphatic carbocycles. The normalized spacial score (nSPS) is 13.4. The number of hydrogen-bond acceptors (Lipinski definition) is 3. The van der Waals surface area contributed by atoms with E-state index in [1.54, 1.807) is 0 Å². The van der Waals surface area contributed by atoms with Gasteiger partial charge in [-0.25, -0.2) is 9.37 Å². The van der Waals surface area contributed by atoms with Crippen LogP contribution in [0.3, 0.4) is 0 Å². The highest BCUT2D eigenvalue weighted by Gasteiger charge is 2.27. The van der Waals surface area contributed by atoms with Gasteiger partial charge in [0.2, 0.25) is 0 Å². The third-order valence-electron chi connectivity index (χ3n) is 2.48. The molecular weight excluding hydrogens is 404 g/mol. The van der Waals surface area contributed by atoms with Gasteiger partial charge in [0.05, 0.1) is 10.4 Å². The molecule has 0 amide bonds. The van der Waals surface area contributed by atoms with Crippen molar-refractivity contribution < 1.29 is 14.3 Å². The Morgan fingerprint density at radius 2 is 2.21 bits per heavy atom. The molecule has 1 atom stereocenters. The van der Waals surface area contributed by atoms with Crippen LogP contribution >= 0.6 is 43.5 Å². The van der Waals surface area contributed by atoms with E-state index < -0.39 is 21.4 Å². The Hall–Kier alpha value is -0.0400. The third-order valence-corrected chi connectivity index (χ3v) is 4.06. The summed E-state index contributed by atoms with van der Waals surface area (Å²) in [6.45, 7) is 2.83. The van der Waals surface area contributed by atoms with E-state index in [0.717, 1.165) is 0 Å². The average molecular weight is 418 g/mol. The highest BCUT2D eigenvalue weighted by molar-refractivity contribution is 9.10. The molecular formula is C12H13Br2ClFNO2. The first kappa shape index (κ1) is 17.0. The minimum Gasteiger partial charge on any atom is -0.386 e. The number of halogens is 4. The maximum Gasteiger partial charge on any atom is 0.194 e. The fraction of sp³-hybridized carbons (Fsp3) is 0.500. The van der Waals surface area contributed by atoms with Crippen LogP contribution in [0.5, 0.6) is 0 Å². The van der Waals surface area contributed by atoms with Gasteiger partial charge in [-0.05, 0) is 26.3 Å². The Labute approximate surface area is 132 Å². The van der Waals surface area contributed by atoms with Crippen LogP contribution in [0.15, 0.2) is 6.07 Å². The lowest BCUT2D eigenvalue weighted by Gasteiger charge is -2.20. The zero-order chi connectivity index (χ0) is 14.8. The molecule has 0 saturated carbocycles. The largest absolute Gasteiger partial charge is 0.386 e. The summed E-state index contributed by atoms with van der Waals surface area (Å²) >= 11 is 12.2. The van der Waals surface area contributed by atoms with Crippen LogP contribution in [0.1, 0.15) is 36.3 Å². The summed E-state index contributed by atoms with van der Waals surface area (Å²) in [6.07, 6.45) is 0.563. The molecule has 0 aliphatic heterocycles. The van der Waals surface area contributed by atoms with Crippen LogP contribution in [0.2, 0.25) is 5.15 Å². The smallest absolute Gasteiger partial charge is 0.194 e. The second-order valence-corrected chi connectivity index (χ2v) is 6.78. The van der Waals surface area contributed by atoms with Crippen LogP contribution < -0.4 is 0 Å². The summed E-state index contributed by atoms with van der Waals surface area (Å²) in [4.78, 5) is 15.4. The fourth-order valence-corrected chi connectivity index (χ4v) is 3.19. The van der Waals surface area contributed by atoms with Crippen molar-refractivity contribution in [1.29, 1.82) is 0 Å². The maximum absolute atomic E-state index is 13.8. The van der Waals surface area contributed by atoms with Crippen molar-refractivity contribution in [2.45, 2.75) is 30.7 Å². The topological polar surface area (TPSA) is 50.2 Å². The number of aromatic nitrogens is 1. The minimum absolute atomic E-state index is 0.0337. The predicted octanol–water partition coefficient (Wildman–Crippen LogP) is 3.83. The molecule has 1 rings (SSSR count). The zero-order valence-electron chi connectivity index (χ0n) is 10.4. The molecule has 0 spiro atoms. The van der Waals surface area contributed by atoms with Crippen molar-refractivity contribution in [3.8, 4) is 0 Å². The quantitative estimate of drug-likeness (QED) is 0.450. The van der Waals surface area contributed by atoms with E-state index >= 15 is 0 Å². The maximum atomic E-state index is 13.8. The lowest BCUT2D eigenvalue weighted by Crippen LogP contribution is -2.22.